The van der Waals surface area contributed by atoms with Gasteiger partial charge in [0.2, 0.25) is 11.8 Å². The van der Waals surface area contributed by atoms with Gasteiger partial charge in [-0.1, -0.05) is 35.9 Å². The number of hydrogen-bond acceptors (Lipinski definition) is 8. The van der Waals surface area contributed by atoms with E-state index in [1.54, 1.807) is 35.5 Å². The molecule has 3 aromatic rings. The second-order valence-corrected chi connectivity index (χ2v) is 9.63. The number of hydrazone groups is 1. The van der Waals surface area contributed by atoms with Crippen molar-refractivity contribution in [3.63, 3.8) is 0 Å². The van der Waals surface area contributed by atoms with Crippen molar-refractivity contribution < 1.29 is 24.0 Å². The van der Waals surface area contributed by atoms with Crippen LogP contribution in [0.1, 0.15) is 27.5 Å². The van der Waals surface area contributed by atoms with Crippen LogP contribution in [0.15, 0.2) is 71.8 Å². The van der Waals surface area contributed by atoms with Gasteiger partial charge in [-0.05, 0) is 41.5 Å². The number of carbonyl (C=O) groups is 3. The summed E-state index contributed by atoms with van der Waals surface area (Å²) in [5.41, 5.74) is 1.51. The number of non-ortho nitro benzene ring substituents is 1. The van der Waals surface area contributed by atoms with E-state index in [0.29, 0.717) is 10.6 Å². The topological polar surface area (TPSA) is 122 Å². The summed E-state index contributed by atoms with van der Waals surface area (Å²) in [7, 11) is 1.34. The molecule has 10 nitrogen and oxygen atoms in total. The zero-order valence-electron chi connectivity index (χ0n) is 19.9. The molecule has 0 spiro atoms. The Balaban J connectivity index is 1.51. The normalized spacial score (nSPS) is 23.2. The second kappa shape index (κ2) is 8.77. The summed E-state index contributed by atoms with van der Waals surface area (Å²) in [4.78, 5) is 53.7. The second-order valence-electron chi connectivity index (χ2n) is 9.19. The molecule has 3 aromatic carbocycles. The van der Waals surface area contributed by atoms with Crippen LogP contribution in [0.5, 0.6) is 5.75 Å². The molecule has 0 N–H and O–H groups in total. The van der Waals surface area contributed by atoms with Gasteiger partial charge in [0.1, 0.15) is 17.5 Å². The van der Waals surface area contributed by atoms with Gasteiger partial charge in [-0.15, -0.1) is 0 Å². The molecule has 11 heteroatoms. The number of nitro benzene ring substituents is 1. The molecular formula is C27H19ClN4O6. The molecular weight excluding hydrogens is 512 g/mol. The smallest absolute Gasteiger partial charge is 0.271 e. The van der Waals surface area contributed by atoms with Crippen LogP contribution in [0, 0.1) is 22.0 Å². The lowest BCUT2D eigenvalue weighted by Crippen LogP contribution is -2.44. The van der Waals surface area contributed by atoms with Gasteiger partial charge < -0.3 is 4.74 Å². The van der Waals surface area contributed by atoms with Gasteiger partial charge in [-0.3, -0.25) is 29.5 Å². The SMILES string of the molecule is COc1ccc([N+](=O)[O-])cc1N1C(=O)[C@@H]2[C@@H](C1=O)[C@@H]1c3ccccc3C=NN1[C@@H]2C(=O)c1ccc(Cl)cc1. The predicted octanol–water partition coefficient (Wildman–Crippen LogP) is 4.02. The van der Waals surface area contributed by atoms with Crippen molar-refractivity contribution in [3.8, 4) is 5.75 Å². The molecule has 3 aliphatic heterocycles. The number of anilines is 1. The van der Waals surface area contributed by atoms with E-state index in [0.717, 1.165) is 22.1 Å². The number of nitro groups is 1. The number of ether oxygens (including phenoxy) is 1. The average molecular weight is 531 g/mol. The Morgan fingerprint density at radius 3 is 2.45 bits per heavy atom. The third-order valence-corrected chi connectivity index (χ3v) is 7.56. The maximum Gasteiger partial charge on any atom is 0.271 e. The van der Waals surface area contributed by atoms with Gasteiger partial charge in [-0.2, -0.15) is 5.10 Å². The Bertz CT molecular complexity index is 1560. The number of Topliss-reactive ketones (excluding diaryl/α,β-unsaturated/α-hetero) is 1. The van der Waals surface area contributed by atoms with Crippen LogP contribution in [0.2, 0.25) is 5.02 Å². The first kappa shape index (κ1) is 23.8. The minimum absolute atomic E-state index is 0.0389. The van der Waals surface area contributed by atoms with Gasteiger partial charge in [0.15, 0.2) is 5.78 Å². The minimum atomic E-state index is -1.08. The van der Waals surface area contributed by atoms with E-state index < -0.39 is 40.7 Å². The molecule has 3 heterocycles. The molecule has 0 aromatic heterocycles. The van der Waals surface area contributed by atoms with Crippen molar-refractivity contribution in [2.75, 3.05) is 12.0 Å². The highest BCUT2D eigenvalue weighted by molar-refractivity contribution is 6.30. The largest absolute Gasteiger partial charge is 0.495 e. The lowest BCUT2D eigenvalue weighted by Gasteiger charge is -2.33. The summed E-state index contributed by atoms with van der Waals surface area (Å²) in [6, 6.07) is 15.6. The lowest BCUT2D eigenvalue weighted by molar-refractivity contribution is -0.384. The minimum Gasteiger partial charge on any atom is -0.495 e. The lowest BCUT2D eigenvalue weighted by atomic mass is 9.83. The van der Waals surface area contributed by atoms with E-state index in [4.69, 9.17) is 16.3 Å². The van der Waals surface area contributed by atoms with Gasteiger partial charge in [0.05, 0.1) is 36.1 Å². The maximum atomic E-state index is 14.0. The van der Waals surface area contributed by atoms with Crippen molar-refractivity contribution >= 4 is 46.8 Å². The highest BCUT2D eigenvalue weighted by Crippen LogP contribution is 2.54. The summed E-state index contributed by atoms with van der Waals surface area (Å²) in [5.74, 6) is -3.52. The summed E-state index contributed by atoms with van der Waals surface area (Å²) >= 11 is 6.01. The number of rotatable bonds is 5. The van der Waals surface area contributed by atoms with Crippen LogP contribution < -0.4 is 9.64 Å². The van der Waals surface area contributed by atoms with Crippen molar-refractivity contribution in [3.05, 3.63) is 98.6 Å². The third kappa shape index (κ3) is 3.41. The van der Waals surface area contributed by atoms with Gasteiger partial charge >= 0.3 is 0 Å². The molecule has 0 saturated carbocycles. The van der Waals surface area contributed by atoms with Crippen LogP contribution in [0.3, 0.4) is 0 Å². The molecule has 190 valence electrons. The first-order valence-electron chi connectivity index (χ1n) is 11.7. The van der Waals surface area contributed by atoms with E-state index in [-0.39, 0.29) is 22.9 Å². The van der Waals surface area contributed by atoms with Crippen molar-refractivity contribution in [2.45, 2.75) is 12.1 Å². The fourth-order valence-electron chi connectivity index (χ4n) is 5.66. The molecule has 3 aliphatic rings. The molecule has 38 heavy (non-hydrogen) atoms. The van der Waals surface area contributed by atoms with E-state index in [1.165, 1.54) is 19.2 Å². The molecule has 2 fully saturated rings. The van der Waals surface area contributed by atoms with Crippen LogP contribution >= 0.6 is 11.6 Å². The van der Waals surface area contributed by atoms with Gasteiger partial charge in [0.25, 0.3) is 5.69 Å². The molecule has 0 unspecified atom stereocenters. The number of methoxy groups -OCH3 is 1. The average Bonchev–Trinajstić information content (AvgIpc) is 3.40. The van der Waals surface area contributed by atoms with Crippen LogP contribution in [0.4, 0.5) is 11.4 Å². The van der Waals surface area contributed by atoms with Gasteiger partial charge in [-0.25, -0.2) is 4.90 Å². The standard InChI is InChI=1S/C27H19ClN4O6/c1-38-20-11-10-17(32(36)37)12-19(20)30-26(34)21-22(27(30)35)24(25(33)14-6-8-16(28)9-7-14)31-23(21)18-5-3-2-4-15(18)13-29-31/h2-13,21-24H,1H3/t21-,22-,23+,24+/m1/s1. The monoisotopic (exact) mass is 530 g/mol. The molecule has 6 rings (SSSR count). The Morgan fingerprint density at radius 2 is 1.74 bits per heavy atom. The van der Waals surface area contributed by atoms with E-state index >= 15 is 0 Å². The quantitative estimate of drug-likeness (QED) is 0.211. The Labute approximate surface area is 221 Å². The fourth-order valence-corrected chi connectivity index (χ4v) is 5.78. The number of fused-ring (bicyclic) bond motifs is 5. The number of benzene rings is 3. The number of carbonyl (C=O) groups excluding carboxylic acids is 3. The Morgan fingerprint density at radius 1 is 1.03 bits per heavy atom. The van der Waals surface area contributed by atoms with Crippen LogP contribution in [-0.2, 0) is 9.59 Å². The number of halogens is 1. The molecule has 0 aliphatic carbocycles. The van der Waals surface area contributed by atoms with E-state index in [2.05, 4.69) is 5.10 Å². The number of nitrogens with zero attached hydrogens (tertiary/aromatic N) is 4. The molecule has 0 bridgehead atoms. The molecule has 0 radical (unpaired) electrons. The third-order valence-electron chi connectivity index (χ3n) is 7.30. The van der Waals surface area contributed by atoms with Crippen molar-refractivity contribution in [1.29, 1.82) is 0 Å². The van der Waals surface area contributed by atoms with Crippen molar-refractivity contribution in [1.82, 2.24) is 5.01 Å². The maximum absolute atomic E-state index is 14.0. The summed E-state index contributed by atoms with van der Waals surface area (Å²) in [6.07, 6.45) is 1.62. The highest BCUT2D eigenvalue weighted by atomic mass is 35.5. The summed E-state index contributed by atoms with van der Waals surface area (Å²) < 4.78 is 5.35. The number of amides is 2. The van der Waals surface area contributed by atoms with Gasteiger partial charge in [0, 0.05) is 22.7 Å². The first-order valence-corrected chi connectivity index (χ1v) is 12.1. The number of ketones is 1. The molecule has 4 atom stereocenters. The summed E-state index contributed by atoms with van der Waals surface area (Å²) in [5, 5.41) is 18.0. The zero-order chi connectivity index (χ0) is 26.7. The molecule has 2 amide bonds. The van der Waals surface area contributed by atoms with Crippen LogP contribution in [-0.4, -0.2) is 46.9 Å². The highest BCUT2D eigenvalue weighted by Gasteiger charge is 2.65. The first-order chi connectivity index (χ1) is 18.3. The van der Waals surface area contributed by atoms with E-state index in [1.807, 2.05) is 24.3 Å². The Kier molecular flexibility index (Phi) is 5.50. The fraction of sp³-hybridized carbons (Fsp3) is 0.185. The number of imide groups is 1. The Hall–Kier alpha value is -4.57. The molecule has 2 saturated heterocycles. The van der Waals surface area contributed by atoms with Crippen molar-refractivity contribution in [2.24, 2.45) is 16.9 Å². The summed E-state index contributed by atoms with van der Waals surface area (Å²) in [6.45, 7) is 0. The predicted molar refractivity (Wildman–Crippen MR) is 137 cm³/mol. The van der Waals surface area contributed by atoms with E-state index in [9.17, 15) is 24.5 Å². The zero-order valence-corrected chi connectivity index (χ0v) is 20.6. The van der Waals surface area contributed by atoms with Crippen LogP contribution in [0.25, 0.3) is 0 Å². The number of hydrogen-bond donors (Lipinski definition) is 0.